The fourth-order valence-electron chi connectivity index (χ4n) is 3.90. The van der Waals surface area contributed by atoms with Gasteiger partial charge in [-0.1, -0.05) is 67.8 Å². The number of allylic oxidation sites excluding steroid dienone is 2. The maximum atomic E-state index is 12.4. The van der Waals surface area contributed by atoms with Crippen molar-refractivity contribution in [2.75, 3.05) is 0 Å². The number of carbonyl (C=O) groups excluding carboxylic acids is 1. The number of rotatable bonds is 3. The van der Waals surface area contributed by atoms with Crippen molar-refractivity contribution in [2.24, 2.45) is 4.99 Å². The number of aliphatic imine (C=N–C) groups is 1. The van der Waals surface area contributed by atoms with E-state index >= 15 is 0 Å². The van der Waals surface area contributed by atoms with Crippen molar-refractivity contribution >= 4 is 28.4 Å². The van der Waals surface area contributed by atoms with Gasteiger partial charge in [0.2, 0.25) is 5.91 Å². The Morgan fingerprint density at radius 2 is 1.92 bits per heavy atom. The molecule has 4 rings (SSSR count). The molecule has 1 N–H and O–H groups in total. The zero-order valence-corrected chi connectivity index (χ0v) is 14.8. The third-order valence-corrected chi connectivity index (χ3v) is 6.33. The van der Waals surface area contributed by atoms with E-state index < -0.39 is 0 Å². The van der Waals surface area contributed by atoms with E-state index in [4.69, 9.17) is 4.99 Å². The van der Waals surface area contributed by atoms with Crippen molar-refractivity contribution in [2.45, 2.75) is 62.7 Å². The van der Waals surface area contributed by atoms with E-state index in [1.54, 1.807) is 11.8 Å². The first-order chi connectivity index (χ1) is 11.8. The first kappa shape index (κ1) is 15.9. The molecule has 24 heavy (non-hydrogen) atoms. The topological polar surface area (TPSA) is 41.5 Å². The van der Waals surface area contributed by atoms with Gasteiger partial charge >= 0.3 is 0 Å². The number of hydrogen-bond acceptors (Lipinski definition) is 3. The summed E-state index contributed by atoms with van der Waals surface area (Å²) in [5.41, 5.74) is 4.01. The molecule has 4 heteroatoms. The highest BCUT2D eigenvalue weighted by Crippen LogP contribution is 2.35. The number of carbonyl (C=O) groups is 1. The Morgan fingerprint density at radius 3 is 2.75 bits per heavy atom. The lowest BCUT2D eigenvalue weighted by atomic mass is 10.0. The minimum atomic E-state index is -0.0352. The van der Waals surface area contributed by atoms with Crippen LogP contribution in [0.4, 0.5) is 0 Å². The van der Waals surface area contributed by atoms with Gasteiger partial charge in [-0.15, -0.1) is 0 Å². The number of fused-ring (bicyclic) bond motifs is 1. The first-order valence-electron chi connectivity index (χ1n) is 9.12. The van der Waals surface area contributed by atoms with Crippen molar-refractivity contribution in [3.8, 4) is 0 Å². The Kier molecular flexibility index (Phi) is 4.74. The predicted molar refractivity (Wildman–Crippen MR) is 101 cm³/mol. The van der Waals surface area contributed by atoms with Gasteiger partial charge in [0.05, 0.1) is 11.3 Å². The van der Waals surface area contributed by atoms with Crippen LogP contribution >= 0.6 is 11.8 Å². The summed E-state index contributed by atoms with van der Waals surface area (Å²) in [5, 5.41) is 3.83. The molecule has 1 amide bonds. The molecule has 1 aliphatic heterocycles. The summed E-state index contributed by atoms with van der Waals surface area (Å²) in [6.45, 7) is 0. The van der Waals surface area contributed by atoms with E-state index in [1.807, 2.05) is 0 Å². The molecule has 0 aromatic heterocycles. The van der Waals surface area contributed by atoms with E-state index in [-0.39, 0.29) is 11.2 Å². The Labute approximate surface area is 148 Å². The normalized spacial score (nSPS) is 26.2. The number of hydrogen-bond donors (Lipinski definition) is 1. The molecule has 126 valence electrons. The molecule has 1 aromatic rings. The predicted octanol–water partition coefficient (Wildman–Crippen LogP) is 4.33. The molecule has 1 atom stereocenters. The van der Waals surface area contributed by atoms with Crippen LogP contribution < -0.4 is 5.32 Å². The fraction of sp³-hybridized carbons (Fsp3) is 0.500. The van der Waals surface area contributed by atoms with Crippen LogP contribution in [0.25, 0.3) is 5.57 Å². The van der Waals surface area contributed by atoms with Crippen LogP contribution in [0.2, 0.25) is 0 Å². The Bertz CT molecular complexity index is 687. The van der Waals surface area contributed by atoms with Gasteiger partial charge in [0.15, 0.2) is 5.17 Å². The van der Waals surface area contributed by atoms with Gasteiger partial charge in [0, 0.05) is 0 Å². The van der Waals surface area contributed by atoms with E-state index in [0.717, 1.165) is 18.0 Å². The van der Waals surface area contributed by atoms with Crippen LogP contribution in [0.3, 0.4) is 0 Å². The molecule has 2 aliphatic carbocycles. The zero-order valence-electron chi connectivity index (χ0n) is 14.0. The third-order valence-electron chi connectivity index (χ3n) is 5.24. The maximum absolute atomic E-state index is 12.4. The Morgan fingerprint density at radius 1 is 1.12 bits per heavy atom. The summed E-state index contributed by atoms with van der Waals surface area (Å²) < 4.78 is 0. The average Bonchev–Trinajstić information content (AvgIpc) is 3.03. The van der Waals surface area contributed by atoms with Crippen LogP contribution in [0.15, 0.2) is 35.3 Å². The molecule has 1 heterocycles. The number of benzene rings is 1. The summed E-state index contributed by atoms with van der Waals surface area (Å²) in [7, 11) is 0. The second kappa shape index (κ2) is 7.14. The number of amides is 1. The largest absolute Gasteiger partial charge is 0.304 e. The molecule has 0 spiro atoms. The lowest BCUT2D eigenvalue weighted by Gasteiger charge is -2.10. The van der Waals surface area contributed by atoms with Crippen molar-refractivity contribution < 1.29 is 4.79 Å². The van der Waals surface area contributed by atoms with Gasteiger partial charge in [-0.2, -0.15) is 0 Å². The summed E-state index contributed by atoms with van der Waals surface area (Å²) in [5.74, 6) is 0.123. The molecule has 3 nitrogen and oxygen atoms in total. The highest BCUT2D eigenvalue weighted by molar-refractivity contribution is 8.15. The summed E-state index contributed by atoms with van der Waals surface area (Å²) >= 11 is 1.63. The minimum Gasteiger partial charge on any atom is -0.304 e. The molecule has 1 saturated carbocycles. The summed E-state index contributed by atoms with van der Waals surface area (Å²) in [6, 6.07) is 8.93. The monoisotopic (exact) mass is 340 g/mol. The molecular formula is C20H24N2OS. The lowest BCUT2D eigenvalue weighted by molar-refractivity contribution is -0.118. The standard InChI is InChI=1S/C20H24N2OS/c23-19-18(13-15-12-11-14-7-5-6-10-17(14)15)24-20(22-19)21-16-8-3-1-2-4-9-16/h5-7,10,12,16,18H,1-4,8-9,11,13H2,(H,21,22,23). The smallest absolute Gasteiger partial charge is 0.239 e. The Balaban J connectivity index is 1.42. The molecule has 1 aromatic carbocycles. The van der Waals surface area contributed by atoms with Crippen molar-refractivity contribution in [1.29, 1.82) is 0 Å². The molecule has 0 radical (unpaired) electrons. The zero-order chi connectivity index (χ0) is 16.4. The van der Waals surface area contributed by atoms with E-state index in [1.165, 1.54) is 55.2 Å². The molecule has 1 unspecified atom stereocenters. The van der Waals surface area contributed by atoms with Gasteiger partial charge in [0.1, 0.15) is 0 Å². The van der Waals surface area contributed by atoms with Gasteiger partial charge in [-0.05, 0) is 42.4 Å². The van der Waals surface area contributed by atoms with Gasteiger partial charge in [-0.3, -0.25) is 9.79 Å². The van der Waals surface area contributed by atoms with Crippen LogP contribution in [-0.4, -0.2) is 22.4 Å². The van der Waals surface area contributed by atoms with Crippen molar-refractivity contribution in [1.82, 2.24) is 5.32 Å². The third kappa shape index (κ3) is 3.44. The van der Waals surface area contributed by atoms with E-state index in [2.05, 4.69) is 35.7 Å². The van der Waals surface area contributed by atoms with Crippen LogP contribution in [0.1, 0.15) is 56.1 Å². The number of amidine groups is 1. The summed E-state index contributed by atoms with van der Waals surface area (Å²) in [4.78, 5) is 17.2. The number of nitrogens with one attached hydrogen (secondary N) is 1. The van der Waals surface area contributed by atoms with Crippen LogP contribution in [-0.2, 0) is 11.2 Å². The maximum Gasteiger partial charge on any atom is 0.239 e. The minimum absolute atomic E-state index is 0.0352. The second-order valence-corrected chi connectivity index (χ2v) is 8.16. The molecule has 0 bridgehead atoms. The van der Waals surface area contributed by atoms with Crippen molar-refractivity contribution in [3.63, 3.8) is 0 Å². The number of thioether (sulfide) groups is 1. The first-order valence-corrected chi connectivity index (χ1v) is 10.0. The highest BCUT2D eigenvalue weighted by atomic mass is 32.2. The SMILES string of the molecule is O=C1NC(=NC2CCCCCC2)SC1CC1=CCc2ccccc21. The van der Waals surface area contributed by atoms with Gasteiger partial charge < -0.3 is 5.32 Å². The molecular weight excluding hydrogens is 316 g/mol. The molecule has 3 aliphatic rings. The quantitative estimate of drug-likeness (QED) is 0.832. The summed E-state index contributed by atoms with van der Waals surface area (Å²) in [6.07, 6.45) is 11.6. The van der Waals surface area contributed by atoms with Gasteiger partial charge in [-0.25, -0.2) is 0 Å². The fourth-order valence-corrected chi connectivity index (χ4v) is 4.97. The molecule has 1 saturated heterocycles. The van der Waals surface area contributed by atoms with Gasteiger partial charge in [0.25, 0.3) is 0 Å². The molecule has 2 fully saturated rings. The lowest BCUT2D eigenvalue weighted by Crippen LogP contribution is -2.25. The average molecular weight is 340 g/mol. The van der Waals surface area contributed by atoms with Crippen LogP contribution in [0.5, 0.6) is 0 Å². The van der Waals surface area contributed by atoms with E-state index in [9.17, 15) is 4.79 Å². The van der Waals surface area contributed by atoms with E-state index in [0.29, 0.717) is 6.04 Å². The Hall–Kier alpha value is -1.55. The highest BCUT2D eigenvalue weighted by Gasteiger charge is 2.32. The second-order valence-electron chi connectivity index (χ2n) is 6.97. The number of nitrogens with zero attached hydrogens (tertiary/aromatic N) is 1. The van der Waals surface area contributed by atoms with Crippen molar-refractivity contribution in [3.05, 3.63) is 41.5 Å². The van der Waals surface area contributed by atoms with Crippen LogP contribution in [0, 0.1) is 0 Å².